The fourth-order valence-corrected chi connectivity index (χ4v) is 5.78. The number of hydrogen-bond acceptors (Lipinski definition) is 8. The number of nitrogens with zero attached hydrogens (tertiary/aromatic N) is 1. The van der Waals surface area contributed by atoms with Crippen molar-refractivity contribution in [2.24, 2.45) is 0 Å². The largest absolute Gasteiger partial charge is 0.545 e. The average molecular weight is 790 g/mol. The molecule has 0 aromatic heterocycles. The van der Waals surface area contributed by atoms with E-state index in [0.29, 0.717) is 17.4 Å². The number of carboxylic acid groups (broad SMARTS) is 1. The van der Waals surface area contributed by atoms with Gasteiger partial charge in [0.2, 0.25) is 0 Å². The number of hydrogen-bond donors (Lipinski definition) is 0. The highest BCUT2D eigenvalue weighted by Gasteiger charge is 2.21. The zero-order valence-corrected chi connectivity index (χ0v) is 36.5. The molecule has 0 aromatic carbocycles. The Morgan fingerprint density at radius 1 is 0.536 bits per heavy atom. The molecule has 0 aliphatic carbocycles. The first-order valence-electron chi connectivity index (χ1n) is 22.3. The van der Waals surface area contributed by atoms with Crippen molar-refractivity contribution in [1.29, 1.82) is 0 Å². The second kappa shape index (κ2) is 39.1. The number of esters is 2. The third-order valence-corrected chi connectivity index (χ3v) is 9.28. The van der Waals surface area contributed by atoms with Gasteiger partial charge in [-0.2, -0.15) is 0 Å². The summed E-state index contributed by atoms with van der Waals surface area (Å²) in [5.41, 5.74) is 0. The summed E-state index contributed by atoms with van der Waals surface area (Å²) in [5, 5.41) is 11.7. The molecule has 56 heavy (non-hydrogen) atoms. The maximum atomic E-state index is 12.7. The molecule has 0 aromatic rings. The number of allylic oxidation sites excluding steroid dienone is 8. The summed E-state index contributed by atoms with van der Waals surface area (Å²) in [6.07, 6.45) is 41.5. The third kappa shape index (κ3) is 39.5. The standard InChI is InChI=1S/C47H83NO8/c1-6-8-10-12-14-16-18-19-20-21-22-23-24-25-26-27-28-30-32-34-36-38-45(50)56-43(42-55-47(46(51)52)53-40-39-48(3,4)5)41-54-44(49)37-35-33-31-29-17-15-13-11-9-7-2/h11,13,18-19,21-22,24-25,43,47H,6-10,12,14-17,20,23,26-42H2,1-5H3/b13-11-,19-18-,22-21-,25-24-. The van der Waals surface area contributed by atoms with Gasteiger partial charge in [-0.15, -0.1) is 0 Å². The van der Waals surface area contributed by atoms with Gasteiger partial charge < -0.3 is 33.3 Å². The Bertz CT molecular complexity index is 1060. The van der Waals surface area contributed by atoms with Crippen molar-refractivity contribution in [2.75, 3.05) is 47.5 Å². The van der Waals surface area contributed by atoms with Crippen molar-refractivity contribution in [3.05, 3.63) is 48.6 Å². The van der Waals surface area contributed by atoms with E-state index in [0.717, 1.165) is 96.3 Å². The zero-order valence-electron chi connectivity index (χ0n) is 36.5. The van der Waals surface area contributed by atoms with Crippen LogP contribution in [0.5, 0.6) is 0 Å². The van der Waals surface area contributed by atoms with Gasteiger partial charge in [-0.3, -0.25) is 9.59 Å². The smallest absolute Gasteiger partial charge is 0.306 e. The van der Waals surface area contributed by atoms with Crippen molar-refractivity contribution in [3.8, 4) is 0 Å². The van der Waals surface area contributed by atoms with Crippen LogP contribution in [0.4, 0.5) is 0 Å². The number of aliphatic carboxylic acids is 1. The second-order valence-corrected chi connectivity index (χ2v) is 16.0. The Kier molecular flexibility index (Phi) is 37.2. The lowest BCUT2D eigenvalue weighted by atomic mass is 10.1. The topological polar surface area (TPSA) is 111 Å². The summed E-state index contributed by atoms with van der Waals surface area (Å²) in [5.74, 6) is -2.32. The summed E-state index contributed by atoms with van der Waals surface area (Å²) in [6, 6.07) is 0. The van der Waals surface area contributed by atoms with Crippen LogP contribution in [-0.4, -0.2) is 82.3 Å². The predicted octanol–water partition coefficient (Wildman–Crippen LogP) is 10.3. The molecular formula is C47H83NO8. The van der Waals surface area contributed by atoms with E-state index in [1.54, 1.807) is 0 Å². The molecule has 0 spiro atoms. The molecule has 2 unspecified atom stereocenters. The summed E-state index contributed by atoms with van der Waals surface area (Å²) in [6.45, 7) is 4.62. The van der Waals surface area contributed by atoms with Gasteiger partial charge in [-0.05, 0) is 70.6 Å². The number of carbonyl (C=O) groups excluding carboxylic acids is 3. The van der Waals surface area contributed by atoms with Crippen LogP contribution in [0, 0.1) is 0 Å². The molecule has 9 nitrogen and oxygen atoms in total. The van der Waals surface area contributed by atoms with Crippen LogP contribution in [0.3, 0.4) is 0 Å². The minimum absolute atomic E-state index is 0.142. The van der Waals surface area contributed by atoms with Crippen LogP contribution in [0.1, 0.15) is 174 Å². The molecule has 0 saturated carbocycles. The van der Waals surface area contributed by atoms with Gasteiger partial charge in [0, 0.05) is 12.8 Å². The minimum Gasteiger partial charge on any atom is -0.545 e. The van der Waals surface area contributed by atoms with Gasteiger partial charge in [0.25, 0.3) is 0 Å². The highest BCUT2D eigenvalue weighted by Crippen LogP contribution is 2.13. The molecule has 9 heteroatoms. The minimum atomic E-state index is -1.63. The van der Waals surface area contributed by atoms with Gasteiger partial charge in [0.1, 0.15) is 13.2 Å². The number of quaternary nitrogens is 1. The number of unbranched alkanes of at least 4 members (excludes halogenated alkanes) is 17. The van der Waals surface area contributed by atoms with E-state index in [1.807, 2.05) is 21.1 Å². The van der Waals surface area contributed by atoms with Crippen molar-refractivity contribution in [1.82, 2.24) is 0 Å². The van der Waals surface area contributed by atoms with Crippen molar-refractivity contribution in [2.45, 2.75) is 187 Å². The molecule has 0 radical (unpaired) electrons. The van der Waals surface area contributed by atoms with E-state index >= 15 is 0 Å². The van der Waals surface area contributed by atoms with Crippen LogP contribution < -0.4 is 5.11 Å². The number of ether oxygens (including phenoxy) is 4. The summed E-state index contributed by atoms with van der Waals surface area (Å²) in [4.78, 5) is 36.9. The summed E-state index contributed by atoms with van der Waals surface area (Å²) < 4.78 is 22.5. The quantitative estimate of drug-likeness (QED) is 0.0198. The van der Waals surface area contributed by atoms with Crippen LogP contribution in [0.25, 0.3) is 0 Å². The van der Waals surface area contributed by atoms with Crippen molar-refractivity contribution >= 4 is 17.9 Å². The monoisotopic (exact) mass is 790 g/mol. The number of rotatable bonds is 40. The molecule has 2 atom stereocenters. The lowest BCUT2D eigenvalue weighted by molar-refractivity contribution is -0.870. The third-order valence-electron chi connectivity index (χ3n) is 9.28. The normalized spacial score (nSPS) is 13.4. The van der Waals surface area contributed by atoms with Crippen LogP contribution in [-0.2, 0) is 33.3 Å². The number of likely N-dealkylation sites (N-methyl/N-ethyl adjacent to an activating group) is 1. The van der Waals surface area contributed by atoms with Gasteiger partial charge in [0.15, 0.2) is 12.4 Å². The molecule has 0 amide bonds. The average Bonchev–Trinajstić information content (AvgIpc) is 3.15. The SMILES string of the molecule is CCC/C=C\CCCCCCCC(=O)OCC(COC(OCC[N+](C)(C)C)C(=O)[O-])OC(=O)CCCCCCCC/C=C\C/C=C\C/C=C\CCCCCCC. The van der Waals surface area contributed by atoms with Crippen molar-refractivity contribution in [3.63, 3.8) is 0 Å². The van der Waals surface area contributed by atoms with Crippen LogP contribution >= 0.6 is 0 Å². The van der Waals surface area contributed by atoms with E-state index in [1.165, 1.54) is 44.9 Å². The molecule has 0 N–H and O–H groups in total. The molecule has 0 heterocycles. The predicted molar refractivity (Wildman–Crippen MR) is 228 cm³/mol. The lowest BCUT2D eigenvalue weighted by Gasteiger charge is -2.26. The molecule has 0 aliphatic heterocycles. The van der Waals surface area contributed by atoms with E-state index in [2.05, 4.69) is 62.5 Å². The summed E-state index contributed by atoms with van der Waals surface area (Å²) >= 11 is 0. The summed E-state index contributed by atoms with van der Waals surface area (Å²) in [7, 11) is 5.89. The Hall–Kier alpha value is -2.75. The van der Waals surface area contributed by atoms with Crippen LogP contribution in [0.15, 0.2) is 48.6 Å². The van der Waals surface area contributed by atoms with E-state index < -0.39 is 24.3 Å². The van der Waals surface area contributed by atoms with Gasteiger partial charge in [0.05, 0.1) is 40.3 Å². The first kappa shape index (κ1) is 53.2. The molecular weight excluding hydrogens is 707 g/mol. The molecule has 0 bridgehead atoms. The Balaban J connectivity index is 4.42. The van der Waals surface area contributed by atoms with Gasteiger partial charge in [-0.1, -0.05) is 140 Å². The molecule has 0 saturated heterocycles. The highest BCUT2D eigenvalue weighted by molar-refractivity contribution is 5.70. The molecule has 0 aliphatic rings. The number of carboxylic acids is 1. The van der Waals surface area contributed by atoms with Crippen molar-refractivity contribution < 1.29 is 42.9 Å². The lowest BCUT2D eigenvalue weighted by Crippen LogP contribution is -2.44. The van der Waals surface area contributed by atoms with E-state index in [-0.39, 0.29) is 38.6 Å². The maximum Gasteiger partial charge on any atom is 0.306 e. The molecule has 0 fully saturated rings. The van der Waals surface area contributed by atoms with E-state index in [4.69, 9.17) is 18.9 Å². The first-order chi connectivity index (χ1) is 27.1. The van der Waals surface area contributed by atoms with Crippen LogP contribution in [0.2, 0.25) is 0 Å². The van der Waals surface area contributed by atoms with Gasteiger partial charge >= 0.3 is 11.9 Å². The Labute approximate surface area is 342 Å². The molecule has 324 valence electrons. The highest BCUT2D eigenvalue weighted by atomic mass is 16.7. The fraction of sp³-hybridized carbons (Fsp3) is 0.766. The second-order valence-electron chi connectivity index (χ2n) is 16.0. The number of carbonyl (C=O) groups is 3. The maximum absolute atomic E-state index is 12.7. The Morgan fingerprint density at radius 2 is 1.00 bits per heavy atom. The first-order valence-corrected chi connectivity index (χ1v) is 22.3. The Morgan fingerprint density at radius 3 is 1.52 bits per heavy atom. The van der Waals surface area contributed by atoms with E-state index in [9.17, 15) is 19.5 Å². The zero-order chi connectivity index (χ0) is 41.4. The molecule has 0 rings (SSSR count). The fourth-order valence-electron chi connectivity index (χ4n) is 5.78. The van der Waals surface area contributed by atoms with Gasteiger partial charge in [-0.25, -0.2) is 0 Å².